The van der Waals surface area contributed by atoms with Crippen molar-refractivity contribution in [3.05, 3.63) is 18.2 Å². The third kappa shape index (κ3) is 1.68. The number of hydrogen-bond donors (Lipinski definition) is 4. The standard InChI is InChI=1S/C11H15N5O4/c1-11(19)7(18)6(3-17)20-8(11)5-2-13-10-9(12)14-4-15-16(5)10/h2,4,6-8,17-19H,3H2,1H3,(H2,12,14,15)/t6?,7-,8?,11-/m1/s1. The van der Waals surface area contributed by atoms with E-state index in [9.17, 15) is 15.3 Å². The molecule has 1 saturated heterocycles. The fourth-order valence-corrected chi connectivity index (χ4v) is 2.46. The lowest BCUT2D eigenvalue weighted by Crippen LogP contribution is -2.43. The molecule has 2 aromatic heterocycles. The lowest BCUT2D eigenvalue weighted by atomic mass is 9.91. The second-order valence-corrected chi connectivity index (χ2v) is 4.97. The summed E-state index contributed by atoms with van der Waals surface area (Å²) >= 11 is 0. The highest BCUT2D eigenvalue weighted by Gasteiger charge is 2.53. The Labute approximate surface area is 113 Å². The molecule has 1 aliphatic rings. The quantitative estimate of drug-likeness (QED) is 0.508. The largest absolute Gasteiger partial charge is 0.394 e. The van der Waals surface area contributed by atoms with Crippen molar-refractivity contribution in [3.8, 4) is 0 Å². The van der Waals surface area contributed by atoms with Crippen molar-refractivity contribution in [3.63, 3.8) is 0 Å². The molecular formula is C11H15N5O4. The van der Waals surface area contributed by atoms with Gasteiger partial charge in [-0.1, -0.05) is 0 Å². The Morgan fingerprint density at radius 3 is 2.90 bits per heavy atom. The zero-order chi connectivity index (χ0) is 14.5. The van der Waals surface area contributed by atoms with Gasteiger partial charge in [-0.2, -0.15) is 5.10 Å². The van der Waals surface area contributed by atoms with Gasteiger partial charge in [-0.05, 0) is 6.92 Å². The Bertz CT molecular complexity index is 643. The van der Waals surface area contributed by atoms with Crippen molar-refractivity contribution in [2.75, 3.05) is 12.3 Å². The molecule has 0 aliphatic carbocycles. The van der Waals surface area contributed by atoms with Gasteiger partial charge in [0.2, 0.25) is 0 Å². The number of aliphatic hydroxyl groups excluding tert-OH is 2. The van der Waals surface area contributed by atoms with Gasteiger partial charge in [-0.15, -0.1) is 0 Å². The summed E-state index contributed by atoms with van der Waals surface area (Å²) in [7, 11) is 0. The predicted molar refractivity (Wildman–Crippen MR) is 66.5 cm³/mol. The Morgan fingerprint density at radius 2 is 2.25 bits per heavy atom. The second-order valence-electron chi connectivity index (χ2n) is 4.97. The summed E-state index contributed by atoms with van der Waals surface area (Å²) in [5.74, 6) is 0.197. The van der Waals surface area contributed by atoms with E-state index < -0.39 is 30.5 Å². The van der Waals surface area contributed by atoms with Crippen molar-refractivity contribution in [1.29, 1.82) is 0 Å². The normalized spacial score (nSPS) is 33.9. The van der Waals surface area contributed by atoms with Gasteiger partial charge in [-0.25, -0.2) is 14.5 Å². The summed E-state index contributed by atoms with van der Waals surface area (Å²) in [6.45, 7) is 1.03. The topological polar surface area (TPSA) is 139 Å². The van der Waals surface area contributed by atoms with Gasteiger partial charge < -0.3 is 25.8 Å². The first kappa shape index (κ1) is 13.2. The van der Waals surface area contributed by atoms with E-state index in [4.69, 9.17) is 10.5 Å². The van der Waals surface area contributed by atoms with Gasteiger partial charge in [0.1, 0.15) is 30.2 Å². The molecule has 4 atom stereocenters. The van der Waals surface area contributed by atoms with Gasteiger partial charge in [0.15, 0.2) is 11.5 Å². The van der Waals surface area contributed by atoms with Crippen molar-refractivity contribution in [2.24, 2.45) is 0 Å². The number of ether oxygens (including phenoxy) is 1. The first-order valence-electron chi connectivity index (χ1n) is 6.07. The average molecular weight is 281 g/mol. The molecule has 3 rings (SSSR count). The van der Waals surface area contributed by atoms with E-state index in [1.807, 2.05) is 0 Å². The molecule has 3 heterocycles. The van der Waals surface area contributed by atoms with E-state index in [2.05, 4.69) is 15.1 Å². The van der Waals surface area contributed by atoms with Gasteiger partial charge in [0, 0.05) is 0 Å². The van der Waals surface area contributed by atoms with E-state index in [1.54, 1.807) is 0 Å². The molecule has 0 amide bonds. The molecule has 0 bridgehead atoms. The number of hydrogen-bond acceptors (Lipinski definition) is 8. The minimum Gasteiger partial charge on any atom is -0.394 e. The van der Waals surface area contributed by atoms with Crippen molar-refractivity contribution in [2.45, 2.75) is 30.8 Å². The SMILES string of the molecule is C[C@]1(O)C(c2cnc3c(N)ncnn23)OC(CO)[C@H]1O. The molecule has 2 unspecified atom stereocenters. The molecule has 1 fully saturated rings. The number of nitrogens with two attached hydrogens (primary N) is 1. The minimum absolute atomic E-state index is 0.197. The molecular weight excluding hydrogens is 266 g/mol. The summed E-state index contributed by atoms with van der Waals surface area (Å²) in [6, 6.07) is 0. The van der Waals surface area contributed by atoms with Crippen molar-refractivity contribution < 1.29 is 20.1 Å². The number of nitrogens with zero attached hydrogens (tertiary/aromatic N) is 4. The summed E-state index contributed by atoms with van der Waals surface area (Å²) in [5, 5.41) is 33.6. The van der Waals surface area contributed by atoms with Crippen LogP contribution in [0, 0.1) is 0 Å². The highest BCUT2D eigenvalue weighted by atomic mass is 16.6. The van der Waals surface area contributed by atoms with Crippen LogP contribution in [0.25, 0.3) is 5.65 Å². The fourth-order valence-electron chi connectivity index (χ4n) is 2.46. The maximum atomic E-state index is 10.4. The molecule has 5 N–H and O–H groups in total. The average Bonchev–Trinajstić information content (AvgIpc) is 2.92. The van der Waals surface area contributed by atoms with E-state index >= 15 is 0 Å². The van der Waals surface area contributed by atoms with Crippen molar-refractivity contribution >= 4 is 11.5 Å². The lowest BCUT2D eigenvalue weighted by molar-refractivity contribution is -0.0665. The number of aromatic nitrogens is 4. The number of fused-ring (bicyclic) bond motifs is 1. The zero-order valence-corrected chi connectivity index (χ0v) is 10.7. The van der Waals surface area contributed by atoms with E-state index in [0.717, 1.165) is 0 Å². The van der Waals surface area contributed by atoms with Crippen LogP contribution in [0.2, 0.25) is 0 Å². The van der Waals surface area contributed by atoms with Crippen LogP contribution in [0.15, 0.2) is 12.5 Å². The van der Waals surface area contributed by atoms with Crippen LogP contribution >= 0.6 is 0 Å². The maximum absolute atomic E-state index is 10.4. The molecule has 108 valence electrons. The summed E-state index contributed by atoms with van der Waals surface area (Å²) in [5.41, 5.74) is 4.87. The van der Waals surface area contributed by atoms with E-state index in [1.165, 1.54) is 24.0 Å². The highest BCUT2D eigenvalue weighted by Crippen LogP contribution is 2.41. The highest BCUT2D eigenvalue weighted by molar-refractivity contribution is 5.58. The summed E-state index contributed by atoms with van der Waals surface area (Å²) < 4.78 is 6.92. The summed E-state index contributed by atoms with van der Waals surface area (Å²) in [6.07, 6.45) is -0.274. The van der Waals surface area contributed by atoms with E-state index in [0.29, 0.717) is 11.3 Å². The predicted octanol–water partition coefficient (Wildman–Crippen LogP) is -1.75. The summed E-state index contributed by atoms with van der Waals surface area (Å²) in [4.78, 5) is 7.90. The Hall–Kier alpha value is -1.81. The fraction of sp³-hybridized carbons (Fsp3) is 0.545. The third-order valence-electron chi connectivity index (χ3n) is 3.60. The van der Waals surface area contributed by atoms with Crippen LogP contribution in [0.1, 0.15) is 18.7 Å². The Morgan fingerprint density at radius 1 is 1.50 bits per heavy atom. The first-order chi connectivity index (χ1) is 9.46. The second kappa shape index (κ2) is 4.35. The number of imidazole rings is 1. The zero-order valence-electron chi connectivity index (χ0n) is 10.7. The number of rotatable bonds is 2. The molecule has 0 radical (unpaired) electrons. The number of aliphatic hydroxyl groups is 3. The molecule has 1 aliphatic heterocycles. The Kier molecular flexibility index (Phi) is 2.87. The van der Waals surface area contributed by atoms with Gasteiger partial charge in [-0.3, -0.25) is 0 Å². The van der Waals surface area contributed by atoms with Gasteiger partial charge >= 0.3 is 0 Å². The molecule has 9 nitrogen and oxygen atoms in total. The molecule has 0 saturated carbocycles. The van der Waals surface area contributed by atoms with Gasteiger partial charge in [0.25, 0.3) is 0 Å². The molecule has 20 heavy (non-hydrogen) atoms. The van der Waals surface area contributed by atoms with E-state index in [-0.39, 0.29) is 5.82 Å². The molecule has 2 aromatic rings. The molecule has 0 spiro atoms. The lowest BCUT2D eigenvalue weighted by Gasteiger charge is -2.25. The number of nitrogen functional groups attached to an aromatic ring is 1. The minimum atomic E-state index is -1.58. The maximum Gasteiger partial charge on any atom is 0.196 e. The third-order valence-corrected chi connectivity index (χ3v) is 3.60. The molecule has 9 heteroatoms. The van der Waals surface area contributed by atoms with Crippen LogP contribution in [0.5, 0.6) is 0 Å². The van der Waals surface area contributed by atoms with Crippen LogP contribution in [-0.2, 0) is 4.74 Å². The van der Waals surface area contributed by atoms with Crippen LogP contribution in [-0.4, -0.2) is 59.3 Å². The smallest absolute Gasteiger partial charge is 0.196 e. The van der Waals surface area contributed by atoms with Crippen LogP contribution < -0.4 is 5.73 Å². The Balaban J connectivity index is 2.10. The van der Waals surface area contributed by atoms with Crippen LogP contribution in [0.3, 0.4) is 0 Å². The first-order valence-corrected chi connectivity index (χ1v) is 6.07. The van der Waals surface area contributed by atoms with Crippen molar-refractivity contribution in [1.82, 2.24) is 19.6 Å². The van der Waals surface area contributed by atoms with Gasteiger partial charge in [0.05, 0.1) is 18.5 Å². The number of anilines is 1. The van der Waals surface area contributed by atoms with Crippen LogP contribution in [0.4, 0.5) is 5.82 Å². The molecule has 0 aromatic carbocycles. The monoisotopic (exact) mass is 281 g/mol.